The maximum atomic E-state index is 12.6. The number of aromatic nitrogens is 2. The van der Waals surface area contributed by atoms with Crippen LogP contribution in [0.4, 0.5) is 0 Å². The number of carbonyl (C=O) groups is 1. The highest BCUT2D eigenvalue weighted by Gasteiger charge is 2.30. The molecule has 0 aromatic carbocycles. The minimum absolute atomic E-state index is 0.238. The van der Waals surface area contributed by atoms with Gasteiger partial charge in [0.25, 0.3) is 0 Å². The third-order valence-electron chi connectivity index (χ3n) is 5.96. The Bertz CT molecular complexity index is 574. The normalized spacial score (nSPS) is 24.3. The summed E-state index contributed by atoms with van der Waals surface area (Å²) in [5.74, 6) is 0.238. The quantitative estimate of drug-likeness (QED) is 0.807. The molecule has 7 heteroatoms. The van der Waals surface area contributed by atoms with Crippen molar-refractivity contribution in [3.8, 4) is 0 Å². The summed E-state index contributed by atoms with van der Waals surface area (Å²) in [6.07, 6.45) is 4.94. The SMILES string of the molecule is O=C1Cn2nccc2CCN1C1CCN(CCN2CCNCC2)CC1. The van der Waals surface area contributed by atoms with Crippen molar-refractivity contribution in [3.63, 3.8) is 0 Å². The number of fused-ring (bicyclic) bond motifs is 1. The monoisotopic (exact) mass is 346 g/mol. The van der Waals surface area contributed by atoms with Gasteiger partial charge in [-0.3, -0.25) is 14.4 Å². The Morgan fingerprint density at radius 1 is 1.04 bits per heavy atom. The van der Waals surface area contributed by atoms with Crippen LogP contribution in [-0.4, -0.2) is 95.3 Å². The minimum Gasteiger partial charge on any atom is -0.338 e. The predicted octanol–water partition coefficient (Wildman–Crippen LogP) is -0.363. The molecule has 1 amide bonds. The third kappa shape index (κ3) is 4.04. The van der Waals surface area contributed by atoms with Crippen molar-refractivity contribution >= 4 is 5.91 Å². The lowest BCUT2D eigenvalue weighted by molar-refractivity contribution is -0.134. The smallest absolute Gasteiger partial charge is 0.244 e. The second-order valence-corrected chi connectivity index (χ2v) is 7.48. The maximum absolute atomic E-state index is 12.6. The fourth-order valence-electron chi connectivity index (χ4n) is 4.35. The number of hydrogen-bond acceptors (Lipinski definition) is 5. The average molecular weight is 346 g/mol. The molecule has 0 bridgehead atoms. The number of nitrogens with zero attached hydrogens (tertiary/aromatic N) is 5. The number of carbonyl (C=O) groups excluding carboxylic acids is 1. The lowest BCUT2D eigenvalue weighted by Crippen LogP contribution is -2.50. The third-order valence-corrected chi connectivity index (χ3v) is 5.96. The molecule has 138 valence electrons. The van der Waals surface area contributed by atoms with E-state index in [2.05, 4.69) is 25.1 Å². The summed E-state index contributed by atoms with van der Waals surface area (Å²) in [5.41, 5.74) is 1.18. The van der Waals surface area contributed by atoms with Crippen LogP contribution in [0.3, 0.4) is 0 Å². The summed E-state index contributed by atoms with van der Waals surface area (Å²) in [6.45, 7) is 10.4. The average Bonchev–Trinajstić information content (AvgIpc) is 3.02. The van der Waals surface area contributed by atoms with Crippen molar-refractivity contribution in [2.45, 2.75) is 31.8 Å². The molecule has 4 rings (SSSR count). The molecule has 0 unspecified atom stereocenters. The molecule has 1 aromatic heterocycles. The molecule has 0 spiro atoms. The molecule has 25 heavy (non-hydrogen) atoms. The number of nitrogens with one attached hydrogen (secondary N) is 1. The van der Waals surface area contributed by atoms with E-state index in [9.17, 15) is 4.79 Å². The van der Waals surface area contributed by atoms with Gasteiger partial charge in [-0.1, -0.05) is 0 Å². The number of piperazine rings is 1. The molecule has 2 fully saturated rings. The van der Waals surface area contributed by atoms with Gasteiger partial charge >= 0.3 is 0 Å². The fraction of sp³-hybridized carbons (Fsp3) is 0.778. The first kappa shape index (κ1) is 17.0. The molecule has 0 aliphatic carbocycles. The first-order valence-corrected chi connectivity index (χ1v) is 9.75. The summed E-state index contributed by atoms with van der Waals surface area (Å²) < 4.78 is 1.87. The lowest BCUT2D eigenvalue weighted by Gasteiger charge is -2.39. The zero-order valence-corrected chi connectivity index (χ0v) is 15.1. The highest BCUT2D eigenvalue weighted by atomic mass is 16.2. The van der Waals surface area contributed by atoms with Crippen molar-refractivity contribution in [2.24, 2.45) is 0 Å². The van der Waals surface area contributed by atoms with E-state index < -0.39 is 0 Å². The van der Waals surface area contributed by atoms with Crippen LogP contribution in [0, 0.1) is 0 Å². The van der Waals surface area contributed by atoms with Crippen LogP contribution >= 0.6 is 0 Å². The number of rotatable bonds is 4. The molecule has 1 N–H and O–H groups in total. The van der Waals surface area contributed by atoms with Crippen LogP contribution in [-0.2, 0) is 17.8 Å². The van der Waals surface area contributed by atoms with Crippen LogP contribution in [0.5, 0.6) is 0 Å². The van der Waals surface area contributed by atoms with Gasteiger partial charge in [-0.25, -0.2) is 0 Å². The van der Waals surface area contributed by atoms with Crippen molar-refractivity contribution in [3.05, 3.63) is 18.0 Å². The van der Waals surface area contributed by atoms with Gasteiger partial charge in [-0.15, -0.1) is 0 Å². The van der Waals surface area contributed by atoms with Crippen LogP contribution in [0.25, 0.3) is 0 Å². The van der Waals surface area contributed by atoms with Gasteiger partial charge in [0, 0.05) is 83.3 Å². The van der Waals surface area contributed by atoms with E-state index in [0.29, 0.717) is 12.6 Å². The first-order chi connectivity index (χ1) is 12.3. The van der Waals surface area contributed by atoms with Gasteiger partial charge in [0.1, 0.15) is 6.54 Å². The molecule has 1 aromatic rings. The molecule has 4 heterocycles. The highest BCUT2D eigenvalue weighted by molar-refractivity contribution is 5.76. The Kier molecular flexibility index (Phi) is 5.33. The Hall–Kier alpha value is -1.44. The lowest BCUT2D eigenvalue weighted by atomic mass is 10.0. The summed E-state index contributed by atoms with van der Waals surface area (Å²) in [6, 6.07) is 2.45. The van der Waals surface area contributed by atoms with Crippen molar-refractivity contribution in [1.82, 2.24) is 29.8 Å². The zero-order valence-electron chi connectivity index (χ0n) is 15.1. The molecular formula is C18H30N6O. The topological polar surface area (TPSA) is 56.6 Å². The molecule has 2 saturated heterocycles. The Morgan fingerprint density at radius 3 is 2.52 bits per heavy atom. The van der Waals surface area contributed by atoms with E-state index in [0.717, 1.165) is 58.5 Å². The van der Waals surface area contributed by atoms with E-state index in [1.807, 2.05) is 10.7 Å². The van der Waals surface area contributed by atoms with E-state index >= 15 is 0 Å². The molecule has 7 nitrogen and oxygen atoms in total. The minimum atomic E-state index is 0.238. The van der Waals surface area contributed by atoms with Crippen molar-refractivity contribution < 1.29 is 4.79 Å². The highest BCUT2D eigenvalue weighted by Crippen LogP contribution is 2.20. The Balaban J connectivity index is 1.24. The van der Waals surface area contributed by atoms with Gasteiger partial charge in [0.2, 0.25) is 5.91 Å². The number of hydrogen-bond donors (Lipinski definition) is 1. The molecule has 3 aliphatic rings. The van der Waals surface area contributed by atoms with Gasteiger partial charge in [0.05, 0.1) is 0 Å². The van der Waals surface area contributed by atoms with Crippen molar-refractivity contribution in [1.29, 1.82) is 0 Å². The molecule has 0 atom stereocenters. The van der Waals surface area contributed by atoms with E-state index in [-0.39, 0.29) is 5.91 Å². The molecular weight excluding hydrogens is 316 g/mol. The predicted molar refractivity (Wildman–Crippen MR) is 96.4 cm³/mol. The number of likely N-dealkylation sites (tertiary alicyclic amines) is 1. The molecule has 0 radical (unpaired) electrons. The van der Waals surface area contributed by atoms with Crippen LogP contribution in [0.2, 0.25) is 0 Å². The second-order valence-electron chi connectivity index (χ2n) is 7.48. The zero-order chi connectivity index (χ0) is 17.1. The number of piperidine rings is 1. The summed E-state index contributed by atoms with van der Waals surface area (Å²) in [5, 5.41) is 7.69. The van der Waals surface area contributed by atoms with Gasteiger partial charge in [0.15, 0.2) is 0 Å². The summed E-state index contributed by atoms with van der Waals surface area (Å²) >= 11 is 0. The Morgan fingerprint density at radius 2 is 1.76 bits per heavy atom. The van der Waals surface area contributed by atoms with E-state index in [1.54, 1.807) is 6.20 Å². The molecule has 0 saturated carbocycles. The van der Waals surface area contributed by atoms with E-state index in [4.69, 9.17) is 0 Å². The molecule has 3 aliphatic heterocycles. The van der Waals surface area contributed by atoms with Crippen LogP contribution < -0.4 is 5.32 Å². The standard InChI is InChI=1S/C18H30N6O/c25-18-15-24-17(1-5-20-24)4-10-23(18)16-2-8-21(9-3-16)13-14-22-11-6-19-7-12-22/h1,5,16,19H,2-4,6-15H2. The van der Waals surface area contributed by atoms with Gasteiger partial charge in [-0.2, -0.15) is 5.10 Å². The van der Waals surface area contributed by atoms with Crippen LogP contribution in [0.1, 0.15) is 18.5 Å². The van der Waals surface area contributed by atoms with Crippen LogP contribution in [0.15, 0.2) is 12.3 Å². The second kappa shape index (κ2) is 7.85. The van der Waals surface area contributed by atoms with Gasteiger partial charge in [-0.05, 0) is 18.9 Å². The fourth-order valence-corrected chi connectivity index (χ4v) is 4.35. The summed E-state index contributed by atoms with van der Waals surface area (Å²) in [4.78, 5) is 19.9. The van der Waals surface area contributed by atoms with Gasteiger partial charge < -0.3 is 15.1 Å². The largest absolute Gasteiger partial charge is 0.338 e. The number of amides is 1. The van der Waals surface area contributed by atoms with Crippen molar-refractivity contribution in [2.75, 3.05) is 58.9 Å². The first-order valence-electron chi connectivity index (χ1n) is 9.75. The van der Waals surface area contributed by atoms with E-state index in [1.165, 1.54) is 25.3 Å². The maximum Gasteiger partial charge on any atom is 0.244 e. The Labute approximate surface area is 149 Å². The summed E-state index contributed by atoms with van der Waals surface area (Å²) in [7, 11) is 0.